The average Bonchev–Trinajstić information content (AvgIpc) is 2.67. The zero-order valence-corrected chi connectivity index (χ0v) is 17.3. The quantitative estimate of drug-likeness (QED) is 0.408. The van der Waals surface area contributed by atoms with Crippen LogP contribution < -0.4 is 4.74 Å². The number of benzene rings is 2. The summed E-state index contributed by atoms with van der Waals surface area (Å²) in [5.41, 5.74) is 1.49. The molecule has 5 nitrogen and oxygen atoms in total. The Hall–Kier alpha value is -2.24. The van der Waals surface area contributed by atoms with E-state index in [1.54, 1.807) is 56.3 Å². The summed E-state index contributed by atoms with van der Waals surface area (Å²) < 4.78 is 15.8. The van der Waals surface area contributed by atoms with Crippen molar-refractivity contribution in [1.82, 2.24) is 0 Å². The van der Waals surface area contributed by atoms with Gasteiger partial charge in [0.1, 0.15) is 19.0 Å². The van der Waals surface area contributed by atoms with E-state index in [1.165, 1.54) is 0 Å². The van der Waals surface area contributed by atoms with E-state index < -0.39 is 17.9 Å². The van der Waals surface area contributed by atoms with Crippen molar-refractivity contribution in [2.75, 3.05) is 6.61 Å². The van der Waals surface area contributed by atoms with E-state index in [0.717, 1.165) is 5.56 Å². The molecule has 0 fully saturated rings. The number of carbonyl (C=O) groups excluding carboxylic acids is 2. The monoisotopic (exact) mass is 424 g/mol. The summed E-state index contributed by atoms with van der Waals surface area (Å²) in [4.78, 5) is 23.8. The fourth-order valence-electron chi connectivity index (χ4n) is 2.44. The molecular formula is C21H22Cl2O5. The lowest BCUT2D eigenvalue weighted by molar-refractivity contribution is -0.162. The van der Waals surface area contributed by atoms with Gasteiger partial charge in [-0.3, -0.25) is 9.59 Å². The van der Waals surface area contributed by atoms with Crippen LogP contribution in [0.15, 0.2) is 42.5 Å². The molecule has 2 aromatic carbocycles. The van der Waals surface area contributed by atoms with Gasteiger partial charge < -0.3 is 14.2 Å². The second kappa shape index (κ2) is 10.9. The molecule has 0 radical (unpaired) electrons. The molecule has 0 N–H and O–H groups in total. The third-order valence-electron chi connectivity index (χ3n) is 4.01. The molecule has 2 aromatic rings. The highest BCUT2D eigenvalue weighted by Crippen LogP contribution is 2.26. The second-order valence-corrected chi connectivity index (χ2v) is 6.77. The normalized spacial score (nSPS) is 11.6. The van der Waals surface area contributed by atoms with Crippen molar-refractivity contribution in [2.45, 2.75) is 33.5 Å². The topological polar surface area (TPSA) is 61.8 Å². The first-order valence-electron chi connectivity index (χ1n) is 8.94. The van der Waals surface area contributed by atoms with Crippen LogP contribution in [0.1, 0.15) is 31.4 Å². The van der Waals surface area contributed by atoms with Crippen molar-refractivity contribution < 1.29 is 23.8 Å². The molecule has 0 aromatic heterocycles. The number of ether oxygens (including phenoxy) is 3. The first kappa shape index (κ1) is 22.1. The summed E-state index contributed by atoms with van der Waals surface area (Å²) in [5, 5.41) is 1.09. The fourth-order valence-corrected chi connectivity index (χ4v) is 2.94. The molecule has 0 amide bonds. The van der Waals surface area contributed by atoms with E-state index >= 15 is 0 Å². The minimum Gasteiger partial charge on any atom is -0.489 e. The summed E-state index contributed by atoms with van der Waals surface area (Å²) in [6.45, 7) is 3.96. The third-order valence-corrected chi connectivity index (χ3v) is 4.72. The molecule has 150 valence electrons. The number of halogens is 2. The Morgan fingerprint density at radius 3 is 2.07 bits per heavy atom. The van der Waals surface area contributed by atoms with Crippen LogP contribution in [-0.2, 0) is 32.3 Å². The first-order chi connectivity index (χ1) is 13.5. The maximum atomic E-state index is 12.1. The Morgan fingerprint density at radius 2 is 1.50 bits per heavy atom. The predicted octanol–water partition coefficient (Wildman–Crippen LogP) is 5.20. The maximum absolute atomic E-state index is 12.1. The maximum Gasteiger partial charge on any atom is 0.320 e. The summed E-state index contributed by atoms with van der Waals surface area (Å²) in [6.07, 6.45) is 0.328. The largest absolute Gasteiger partial charge is 0.489 e. The van der Waals surface area contributed by atoms with Crippen LogP contribution >= 0.6 is 23.2 Å². The van der Waals surface area contributed by atoms with E-state index in [9.17, 15) is 9.59 Å². The van der Waals surface area contributed by atoms with Crippen molar-refractivity contribution in [3.8, 4) is 5.75 Å². The van der Waals surface area contributed by atoms with E-state index in [0.29, 0.717) is 27.8 Å². The SMILES string of the molecule is CCOC(=O)C(CC)C(=O)OCc1ccc(OCc2c(Cl)cccc2Cl)cc1. The van der Waals surface area contributed by atoms with Crippen molar-refractivity contribution in [1.29, 1.82) is 0 Å². The van der Waals surface area contributed by atoms with Crippen LogP contribution in [0.5, 0.6) is 5.75 Å². The van der Waals surface area contributed by atoms with Gasteiger partial charge in [-0.2, -0.15) is 0 Å². The van der Waals surface area contributed by atoms with Crippen LogP contribution in [-0.4, -0.2) is 18.5 Å². The Labute approximate surface area is 174 Å². The molecular weight excluding hydrogens is 403 g/mol. The van der Waals surface area contributed by atoms with Crippen molar-refractivity contribution in [3.05, 3.63) is 63.6 Å². The standard InChI is InChI=1S/C21H22Cl2O5/c1-3-16(20(24)26-4-2)21(25)28-12-14-8-10-15(11-9-14)27-13-17-18(22)6-5-7-19(17)23/h5-11,16H,3-4,12-13H2,1-2H3. The fraction of sp³-hybridized carbons (Fsp3) is 0.333. The summed E-state index contributed by atoms with van der Waals surface area (Å²) in [6, 6.07) is 12.4. The lowest BCUT2D eigenvalue weighted by atomic mass is 10.1. The van der Waals surface area contributed by atoms with Crippen LogP contribution in [0.2, 0.25) is 10.0 Å². The number of rotatable bonds is 9. The molecule has 2 rings (SSSR count). The van der Waals surface area contributed by atoms with Crippen LogP contribution in [0.25, 0.3) is 0 Å². The predicted molar refractivity (Wildman–Crippen MR) is 107 cm³/mol. The van der Waals surface area contributed by atoms with Crippen LogP contribution in [0.3, 0.4) is 0 Å². The molecule has 0 saturated carbocycles. The highest BCUT2D eigenvalue weighted by molar-refractivity contribution is 6.35. The Bertz CT molecular complexity index is 785. The van der Waals surface area contributed by atoms with Gasteiger partial charge in [-0.05, 0) is 43.2 Å². The van der Waals surface area contributed by atoms with Crippen LogP contribution in [0, 0.1) is 5.92 Å². The molecule has 0 saturated heterocycles. The van der Waals surface area contributed by atoms with Gasteiger partial charge in [0.25, 0.3) is 0 Å². The van der Waals surface area contributed by atoms with Crippen molar-refractivity contribution in [2.24, 2.45) is 5.92 Å². The van der Waals surface area contributed by atoms with Crippen molar-refractivity contribution in [3.63, 3.8) is 0 Å². The van der Waals surface area contributed by atoms with Gasteiger partial charge in [-0.25, -0.2) is 0 Å². The van der Waals surface area contributed by atoms with Gasteiger partial charge in [0, 0.05) is 15.6 Å². The summed E-state index contributed by atoms with van der Waals surface area (Å²) >= 11 is 12.3. The van der Waals surface area contributed by atoms with E-state index in [-0.39, 0.29) is 19.8 Å². The zero-order chi connectivity index (χ0) is 20.5. The van der Waals surface area contributed by atoms with E-state index in [4.69, 9.17) is 37.4 Å². The molecule has 0 aliphatic carbocycles. The van der Waals surface area contributed by atoms with Gasteiger partial charge >= 0.3 is 11.9 Å². The van der Waals surface area contributed by atoms with Gasteiger partial charge in [0.15, 0.2) is 5.92 Å². The lowest BCUT2D eigenvalue weighted by Gasteiger charge is -2.13. The molecule has 0 aliphatic rings. The molecule has 1 atom stereocenters. The Balaban J connectivity index is 1.88. The minimum atomic E-state index is -0.900. The molecule has 0 bridgehead atoms. The molecule has 0 spiro atoms. The molecule has 0 heterocycles. The summed E-state index contributed by atoms with van der Waals surface area (Å²) in [7, 11) is 0. The average molecular weight is 425 g/mol. The Morgan fingerprint density at radius 1 is 0.893 bits per heavy atom. The van der Waals surface area contributed by atoms with Gasteiger partial charge in [-0.15, -0.1) is 0 Å². The summed E-state index contributed by atoms with van der Waals surface area (Å²) in [5.74, 6) is -1.42. The zero-order valence-electron chi connectivity index (χ0n) is 15.7. The molecule has 0 aliphatic heterocycles. The number of esters is 2. The smallest absolute Gasteiger partial charge is 0.320 e. The Kier molecular flexibility index (Phi) is 8.61. The third kappa shape index (κ3) is 6.14. The van der Waals surface area contributed by atoms with Crippen LogP contribution in [0.4, 0.5) is 0 Å². The minimum absolute atomic E-state index is 0.0609. The van der Waals surface area contributed by atoms with E-state index in [2.05, 4.69) is 0 Å². The second-order valence-electron chi connectivity index (χ2n) is 5.95. The van der Waals surface area contributed by atoms with Crippen molar-refractivity contribution >= 4 is 35.1 Å². The molecule has 28 heavy (non-hydrogen) atoms. The van der Waals surface area contributed by atoms with Gasteiger partial charge in [0.2, 0.25) is 0 Å². The molecule has 7 heteroatoms. The van der Waals surface area contributed by atoms with E-state index in [1.807, 2.05) is 0 Å². The van der Waals surface area contributed by atoms with Gasteiger partial charge in [-0.1, -0.05) is 48.3 Å². The first-order valence-corrected chi connectivity index (χ1v) is 9.69. The van der Waals surface area contributed by atoms with Gasteiger partial charge in [0.05, 0.1) is 6.61 Å². The lowest BCUT2D eigenvalue weighted by Crippen LogP contribution is -2.27. The number of carbonyl (C=O) groups is 2. The molecule has 1 unspecified atom stereocenters. The number of hydrogen-bond donors (Lipinski definition) is 0. The highest BCUT2D eigenvalue weighted by atomic mass is 35.5. The number of hydrogen-bond acceptors (Lipinski definition) is 5. The highest BCUT2D eigenvalue weighted by Gasteiger charge is 2.27.